The van der Waals surface area contributed by atoms with Gasteiger partial charge in [0.25, 0.3) is 5.91 Å². The summed E-state index contributed by atoms with van der Waals surface area (Å²) in [6.07, 6.45) is 1.11. The van der Waals surface area contributed by atoms with Gasteiger partial charge in [-0.25, -0.2) is 4.39 Å². The number of hydrogen-bond acceptors (Lipinski definition) is 4. The minimum atomic E-state index is -0.834. The van der Waals surface area contributed by atoms with E-state index in [1.165, 1.54) is 17.0 Å². The van der Waals surface area contributed by atoms with E-state index < -0.39 is 12.1 Å². The van der Waals surface area contributed by atoms with Crippen molar-refractivity contribution in [1.82, 2.24) is 10.2 Å². The summed E-state index contributed by atoms with van der Waals surface area (Å²) >= 11 is 0. The molecule has 7 heteroatoms. The molecule has 1 N–H and O–H groups in total. The van der Waals surface area contributed by atoms with E-state index in [9.17, 15) is 14.0 Å². The number of halogens is 1. The topological polar surface area (TPSA) is 67.9 Å². The molecule has 2 aliphatic heterocycles. The minimum absolute atomic E-state index is 0.0289. The van der Waals surface area contributed by atoms with Gasteiger partial charge in [-0.1, -0.05) is 12.1 Å². The molecular formula is C17H21FN2O4. The highest BCUT2D eigenvalue weighted by Gasteiger charge is 2.40. The Morgan fingerprint density at radius 2 is 2.08 bits per heavy atom. The van der Waals surface area contributed by atoms with E-state index in [1.807, 2.05) is 0 Å². The number of ether oxygens (including phenoxy) is 2. The molecular weight excluding hydrogens is 315 g/mol. The van der Waals surface area contributed by atoms with Crippen LogP contribution >= 0.6 is 0 Å². The Kier molecular flexibility index (Phi) is 5.11. The third-order valence-corrected chi connectivity index (χ3v) is 4.48. The third-order valence-electron chi connectivity index (χ3n) is 4.48. The van der Waals surface area contributed by atoms with Crippen molar-refractivity contribution in [3.05, 3.63) is 35.6 Å². The van der Waals surface area contributed by atoms with Crippen LogP contribution in [0, 0.1) is 5.82 Å². The summed E-state index contributed by atoms with van der Waals surface area (Å²) in [5, 5.41) is 2.84. The fourth-order valence-corrected chi connectivity index (χ4v) is 3.11. The first kappa shape index (κ1) is 16.9. The number of hydrogen-bond donors (Lipinski definition) is 1. The molecule has 0 radical (unpaired) electrons. The number of amides is 2. The lowest BCUT2D eigenvalue weighted by Crippen LogP contribution is -2.53. The number of nitrogens with zero attached hydrogens (tertiary/aromatic N) is 1. The highest BCUT2D eigenvalue weighted by atomic mass is 19.1. The summed E-state index contributed by atoms with van der Waals surface area (Å²) in [7, 11) is 1.62. The fraction of sp³-hybridized carbons (Fsp3) is 0.529. The Bertz CT molecular complexity index is 601. The summed E-state index contributed by atoms with van der Waals surface area (Å²) in [6, 6.07) is 5.17. The fourth-order valence-electron chi connectivity index (χ4n) is 3.11. The number of nitrogens with one attached hydrogen (secondary N) is 1. The minimum Gasteiger partial charge on any atom is -0.376 e. The molecule has 2 amide bonds. The second-order valence-corrected chi connectivity index (χ2v) is 6.11. The van der Waals surface area contributed by atoms with Crippen molar-refractivity contribution in [2.24, 2.45) is 0 Å². The molecule has 1 aromatic rings. The molecule has 0 bridgehead atoms. The smallest absolute Gasteiger partial charge is 0.251 e. The zero-order chi connectivity index (χ0) is 17.1. The SMILES string of the molecule is CN1C(=O)CO[C@H](C(=O)NC[C@@H]2CCCO2)[C@@H]1c1ccc(F)cc1. The predicted molar refractivity (Wildman–Crippen MR) is 83.6 cm³/mol. The summed E-state index contributed by atoms with van der Waals surface area (Å²) in [5.74, 6) is -0.879. The molecule has 0 aliphatic carbocycles. The van der Waals surface area contributed by atoms with Crippen molar-refractivity contribution in [2.75, 3.05) is 26.8 Å². The average molecular weight is 336 g/mol. The van der Waals surface area contributed by atoms with Gasteiger partial charge in [-0.05, 0) is 30.5 Å². The van der Waals surface area contributed by atoms with Crippen molar-refractivity contribution in [1.29, 1.82) is 0 Å². The van der Waals surface area contributed by atoms with Crippen molar-refractivity contribution in [3.8, 4) is 0 Å². The largest absolute Gasteiger partial charge is 0.376 e. The maximum Gasteiger partial charge on any atom is 0.251 e. The van der Waals surface area contributed by atoms with Crippen LogP contribution < -0.4 is 5.32 Å². The van der Waals surface area contributed by atoms with Crippen LogP contribution in [0.25, 0.3) is 0 Å². The van der Waals surface area contributed by atoms with Gasteiger partial charge in [-0.3, -0.25) is 9.59 Å². The van der Waals surface area contributed by atoms with Gasteiger partial charge in [-0.2, -0.15) is 0 Å². The zero-order valence-electron chi connectivity index (χ0n) is 13.5. The van der Waals surface area contributed by atoms with Crippen LogP contribution in [-0.2, 0) is 19.1 Å². The summed E-state index contributed by atoms with van der Waals surface area (Å²) in [4.78, 5) is 26.0. The Balaban J connectivity index is 1.74. The number of likely N-dealkylation sites (N-methyl/N-ethyl adjacent to an activating group) is 1. The first-order chi connectivity index (χ1) is 11.6. The Labute approximate surface area is 139 Å². The number of carbonyl (C=O) groups is 2. The highest BCUT2D eigenvalue weighted by molar-refractivity contribution is 5.86. The van der Waals surface area contributed by atoms with E-state index in [-0.39, 0.29) is 30.3 Å². The lowest BCUT2D eigenvalue weighted by Gasteiger charge is -2.38. The van der Waals surface area contributed by atoms with E-state index in [0.717, 1.165) is 19.4 Å². The van der Waals surface area contributed by atoms with Gasteiger partial charge in [0.1, 0.15) is 12.4 Å². The molecule has 1 aromatic carbocycles. The molecule has 2 heterocycles. The van der Waals surface area contributed by atoms with Gasteiger partial charge in [0.15, 0.2) is 6.10 Å². The molecule has 2 aliphatic rings. The van der Waals surface area contributed by atoms with E-state index in [2.05, 4.69) is 5.32 Å². The molecule has 0 spiro atoms. The predicted octanol–water partition coefficient (Wildman–Crippen LogP) is 1.02. The molecule has 3 rings (SSSR count). The number of carbonyl (C=O) groups excluding carboxylic acids is 2. The van der Waals surface area contributed by atoms with Gasteiger partial charge in [0.05, 0.1) is 12.1 Å². The molecule has 0 unspecified atom stereocenters. The monoisotopic (exact) mass is 336 g/mol. The van der Waals surface area contributed by atoms with E-state index in [1.54, 1.807) is 19.2 Å². The van der Waals surface area contributed by atoms with Crippen LogP contribution in [0.2, 0.25) is 0 Å². The standard InChI is InChI=1S/C17H21FN2O4/c1-20-14(21)10-24-16(15(20)11-4-6-12(18)7-5-11)17(22)19-9-13-3-2-8-23-13/h4-7,13,15-16H,2-3,8-10H2,1H3,(H,19,22)/t13-,15-,16-/m0/s1. The van der Waals surface area contributed by atoms with E-state index >= 15 is 0 Å². The molecule has 6 nitrogen and oxygen atoms in total. The van der Waals surface area contributed by atoms with Crippen molar-refractivity contribution < 1.29 is 23.5 Å². The lowest BCUT2D eigenvalue weighted by atomic mass is 9.97. The Morgan fingerprint density at radius 3 is 2.75 bits per heavy atom. The second kappa shape index (κ2) is 7.27. The van der Waals surface area contributed by atoms with Crippen LogP contribution in [-0.4, -0.2) is 55.7 Å². The number of rotatable bonds is 4. The number of morpholine rings is 1. The first-order valence-corrected chi connectivity index (χ1v) is 8.08. The Hall–Kier alpha value is -1.99. The molecule has 24 heavy (non-hydrogen) atoms. The third kappa shape index (κ3) is 3.57. The molecule has 3 atom stereocenters. The maximum atomic E-state index is 13.2. The molecule has 2 saturated heterocycles. The van der Waals surface area contributed by atoms with Crippen LogP contribution in [0.15, 0.2) is 24.3 Å². The van der Waals surface area contributed by atoms with Gasteiger partial charge in [0.2, 0.25) is 5.91 Å². The van der Waals surface area contributed by atoms with Crippen molar-refractivity contribution >= 4 is 11.8 Å². The molecule has 130 valence electrons. The lowest BCUT2D eigenvalue weighted by molar-refractivity contribution is -0.162. The van der Waals surface area contributed by atoms with Crippen LogP contribution in [0.1, 0.15) is 24.4 Å². The van der Waals surface area contributed by atoms with Gasteiger partial charge in [-0.15, -0.1) is 0 Å². The van der Waals surface area contributed by atoms with E-state index in [0.29, 0.717) is 12.1 Å². The normalized spacial score (nSPS) is 27.3. The van der Waals surface area contributed by atoms with Crippen LogP contribution in [0.5, 0.6) is 0 Å². The van der Waals surface area contributed by atoms with Crippen molar-refractivity contribution in [2.45, 2.75) is 31.1 Å². The summed E-state index contributed by atoms with van der Waals surface area (Å²) in [6.45, 7) is 0.995. The van der Waals surface area contributed by atoms with Gasteiger partial charge in [0, 0.05) is 20.2 Å². The molecule has 2 fully saturated rings. The highest BCUT2D eigenvalue weighted by Crippen LogP contribution is 2.29. The maximum absolute atomic E-state index is 13.2. The van der Waals surface area contributed by atoms with Crippen molar-refractivity contribution in [3.63, 3.8) is 0 Å². The van der Waals surface area contributed by atoms with Crippen LogP contribution in [0.3, 0.4) is 0 Å². The van der Waals surface area contributed by atoms with E-state index in [4.69, 9.17) is 9.47 Å². The van der Waals surface area contributed by atoms with Gasteiger partial charge >= 0.3 is 0 Å². The van der Waals surface area contributed by atoms with Gasteiger partial charge < -0.3 is 19.7 Å². The molecule has 0 aromatic heterocycles. The summed E-state index contributed by atoms with van der Waals surface area (Å²) < 4.78 is 24.2. The average Bonchev–Trinajstić information content (AvgIpc) is 3.09. The Morgan fingerprint density at radius 1 is 1.33 bits per heavy atom. The summed E-state index contributed by atoms with van der Waals surface area (Å²) in [5.41, 5.74) is 0.657. The zero-order valence-corrected chi connectivity index (χ0v) is 13.5. The first-order valence-electron chi connectivity index (χ1n) is 8.08. The van der Waals surface area contributed by atoms with Crippen LogP contribution in [0.4, 0.5) is 4.39 Å². The second-order valence-electron chi connectivity index (χ2n) is 6.11. The quantitative estimate of drug-likeness (QED) is 0.891. The molecule has 0 saturated carbocycles. The number of benzene rings is 1.